The van der Waals surface area contributed by atoms with Crippen LogP contribution in [-0.2, 0) is 11.3 Å². The van der Waals surface area contributed by atoms with E-state index in [1.165, 1.54) is 0 Å². The molecule has 1 aromatic carbocycles. The van der Waals surface area contributed by atoms with E-state index in [2.05, 4.69) is 0 Å². The number of carboxylic acids is 1. The summed E-state index contributed by atoms with van der Waals surface area (Å²) in [7, 11) is 0. The molecule has 0 aromatic heterocycles. The molecule has 1 N–H and O–H groups in total. The van der Waals surface area contributed by atoms with Crippen molar-refractivity contribution in [3.63, 3.8) is 0 Å². The zero-order chi connectivity index (χ0) is 13.5. The Morgan fingerprint density at radius 3 is 2.39 bits per heavy atom. The van der Waals surface area contributed by atoms with Crippen LogP contribution in [-0.4, -0.2) is 35.2 Å². The molecule has 0 saturated carbocycles. The van der Waals surface area contributed by atoms with Gasteiger partial charge in [0.25, 0.3) is 0 Å². The second kappa shape index (κ2) is 7.01. The van der Waals surface area contributed by atoms with Gasteiger partial charge in [-0.25, -0.2) is 0 Å². The normalized spacial score (nSPS) is 10.9. The van der Waals surface area contributed by atoms with Crippen molar-refractivity contribution in [3.8, 4) is 5.75 Å². The third-order valence-electron chi connectivity index (χ3n) is 2.51. The fourth-order valence-corrected chi connectivity index (χ4v) is 1.67. The maximum Gasteiger partial charge on any atom is 0.317 e. The molecule has 0 atom stereocenters. The third kappa shape index (κ3) is 5.19. The van der Waals surface area contributed by atoms with Crippen LogP contribution >= 0.6 is 0 Å². The summed E-state index contributed by atoms with van der Waals surface area (Å²) in [5.41, 5.74) is 1.09. The largest absolute Gasteiger partial charge is 0.491 e. The predicted octanol–water partition coefficient (Wildman–Crippen LogP) is 2.38. The lowest BCUT2D eigenvalue weighted by Gasteiger charge is -2.18. The number of rotatable bonds is 7. The SMILES string of the molecule is CCN(CC(=O)O)Cc1ccc(OC(C)C)cc1. The molecular weight excluding hydrogens is 230 g/mol. The van der Waals surface area contributed by atoms with E-state index in [0.29, 0.717) is 6.54 Å². The van der Waals surface area contributed by atoms with Gasteiger partial charge in [-0.3, -0.25) is 9.69 Å². The Labute approximate surface area is 108 Å². The molecule has 1 aromatic rings. The minimum absolute atomic E-state index is 0.0702. The standard InChI is InChI=1S/C14H21NO3/c1-4-15(10-14(16)17)9-12-5-7-13(8-6-12)18-11(2)3/h5-8,11H,4,9-10H2,1-3H3,(H,16,17). The van der Waals surface area contributed by atoms with Crippen molar-refractivity contribution < 1.29 is 14.6 Å². The van der Waals surface area contributed by atoms with Crippen LogP contribution in [0.5, 0.6) is 5.75 Å². The minimum atomic E-state index is -0.795. The Bertz CT molecular complexity index is 373. The molecule has 1 rings (SSSR count). The third-order valence-corrected chi connectivity index (χ3v) is 2.51. The smallest absolute Gasteiger partial charge is 0.317 e. The van der Waals surface area contributed by atoms with Gasteiger partial charge in [-0.2, -0.15) is 0 Å². The second-order valence-electron chi connectivity index (χ2n) is 4.51. The van der Waals surface area contributed by atoms with Crippen LogP contribution in [0.3, 0.4) is 0 Å². The summed E-state index contributed by atoms with van der Waals surface area (Å²) < 4.78 is 5.56. The highest BCUT2D eigenvalue weighted by atomic mass is 16.5. The number of hydrogen-bond acceptors (Lipinski definition) is 3. The fourth-order valence-electron chi connectivity index (χ4n) is 1.67. The van der Waals surface area contributed by atoms with Crippen LogP contribution in [0.1, 0.15) is 26.3 Å². The van der Waals surface area contributed by atoms with Crippen LogP contribution in [0.15, 0.2) is 24.3 Å². The fraction of sp³-hybridized carbons (Fsp3) is 0.500. The molecule has 0 fully saturated rings. The van der Waals surface area contributed by atoms with Crippen LogP contribution in [0.2, 0.25) is 0 Å². The van der Waals surface area contributed by atoms with Gasteiger partial charge in [-0.05, 0) is 38.1 Å². The zero-order valence-corrected chi connectivity index (χ0v) is 11.2. The number of aliphatic carboxylic acids is 1. The van der Waals surface area contributed by atoms with Gasteiger partial charge < -0.3 is 9.84 Å². The lowest BCUT2D eigenvalue weighted by molar-refractivity contribution is -0.138. The first-order chi connectivity index (χ1) is 8.51. The van der Waals surface area contributed by atoms with Crippen molar-refractivity contribution >= 4 is 5.97 Å². The Balaban J connectivity index is 2.59. The van der Waals surface area contributed by atoms with E-state index in [0.717, 1.165) is 17.9 Å². The van der Waals surface area contributed by atoms with Crippen LogP contribution in [0, 0.1) is 0 Å². The molecule has 0 spiro atoms. The first-order valence-corrected chi connectivity index (χ1v) is 6.21. The highest BCUT2D eigenvalue weighted by molar-refractivity contribution is 5.69. The summed E-state index contributed by atoms with van der Waals surface area (Å²) in [6.07, 6.45) is 0.162. The van der Waals surface area contributed by atoms with Gasteiger partial charge >= 0.3 is 5.97 Å². The second-order valence-corrected chi connectivity index (χ2v) is 4.51. The first-order valence-electron chi connectivity index (χ1n) is 6.21. The number of hydrogen-bond donors (Lipinski definition) is 1. The van der Waals surface area contributed by atoms with Crippen LogP contribution in [0.4, 0.5) is 0 Å². The lowest BCUT2D eigenvalue weighted by Crippen LogP contribution is -2.29. The van der Waals surface area contributed by atoms with E-state index in [1.807, 2.05) is 49.9 Å². The minimum Gasteiger partial charge on any atom is -0.491 e. The summed E-state index contributed by atoms with van der Waals surface area (Å²) in [4.78, 5) is 12.5. The molecule has 0 heterocycles. The topological polar surface area (TPSA) is 49.8 Å². The molecule has 4 heteroatoms. The Morgan fingerprint density at radius 1 is 1.33 bits per heavy atom. The average Bonchev–Trinajstić information content (AvgIpc) is 2.29. The lowest BCUT2D eigenvalue weighted by atomic mass is 10.2. The Kier molecular flexibility index (Phi) is 5.65. The molecule has 0 aliphatic rings. The molecule has 4 nitrogen and oxygen atoms in total. The average molecular weight is 251 g/mol. The molecule has 0 bridgehead atoms. The van der Waals surface area contributed by atoms with Crippen molar-refractivity contribution in [3.05, 3.63) is 29.8 Å². The van der Waals surface area contributed by atoms with Gasteiger partial charge in [0.05, 0.1) is 12.6 Å². The molecule has 18 heavy (non-hydrogen) atoms. The quantitative estimate of drug-likeness (QED) is 0.808. The number of nitrogens with zero attached hydrogens (tertiary/aromatic N) is 1. The summed E-state index contributed by atoms with van der Waals surface area (Å²) in [5.74, 6) is 0.0478. The highest BCUT2D eigenvalue weighted by Crippen LogP contribution is 2.15. The summed E-state index contributed by atoms with van der Waals surface area (Å²) >= 11 is 0. The summed E-state index contributed by atoms with van der Waals surface area (Å²) in [6.45, 7) is 7.36. The van der Waals surface area contributed by atoms with E-state index in [1.54, 1.807) is 0 Å². The van der Waals surface area contributed by atoms with E-state index in [9.17, 15) is 4.79 Å². The van der Waals surface area contributed by atoms with Crippen molar-refractivity contribution in [1.82, 2.24) is 4.90 Å². The van der Waals surface area contributed by atoms with Gasteiger partial charge in [0.2, 0.25) is 0 Å². The van der Waals surface area contributed by atoms with Gasteiger partial charge in [-0.15, -0.1) is 0 Å². The van der Waals surface area contributed by atoms with Crippen LogP contribution in [0.25, 0.3) is 0 Å². The van der Waals surface area contributed by atoms with E-state index < -0.39 is 5.97 Å². The van der Waals surface area contributed by atoms with Crippen molar-refractivity contribution in [2.75, 3.05) is 13.1 Å². The monoisotopic (exact) mass is 251 g/mol. The van der Waals surface area contributed by atoms with E-state index in [4.69, 9.17) is 9.84 Å². The van der Waals surface area contributed by atoms with E-state index >= 15 is 0 Å². The van der Waals surface area contributed by atoms with Gasteiger partial charge in [0.15, 0.2) is 0 Å². The van der Waals surface area contributed by atoms with Crippen molar-refractivity contribution in [2.45, 2.75) is 33.4 Å². The number of carboxylic acid groups (broad SMARTS) is 1. The first kappa shape index (κ1) is 14.5. The maximum absolute atomic E-state index is 10.7. The number of benzene rings is 1. The van der Waals surface area contributed by atoms with Crippen molar-refractivity contribution in [2.24, 2.45) is 0 Å². The molecule has 0 aliphatic heterocycles. The van der Waals surface area contributed by atoms with Gasteiger partial charge in [0, 0.05) is 6.54 Å². The molecule has 0 unspecified atom stereocenters. The van der Waals surface area contributed by atoms with Crippen LogP contribution < -0.4 is 4.74 Å². The van der Waals surface area contributed by atoms with E-state index in [-0.39, 0.29) is 12.6 Å². The molecule has 0 saturated heterocycles. The zero-order valence-electron chi connectivity index (χ0n) is 11.2. The van der Waals surface area contributed by atoms with Gasteiger partial charge in [-0.1, -0.05) is 19.1 Å². The van der Waals surface area contributed by atoms with Crippen molar-refractivity contribution in [1.29, 1.82) is 0 Å². The maximum atomic E-state index is 10.7. The molecule has 0 amide bonds. The van der Waals surface area contributed by atoms with Gasteiger partial charge in [0.1, 0.15) is 5.75 Å². The predicted molar refractivity (Wildman–Crippen MR) is 70.8 cm³/mol. The molecule has 0 radical (unpaired) electrons. The molecule has 100 valence electrons. The highest BCUT2D eigenvalue weighted by Gasteiger charge is 2.08. The summed E-state index contributed by atoms with van der Waals surface area (Å²) in [5, 5.41) is 8.77. The molecular formula is C14H21NO3. The number of likely N-dealkylation sites (N-methyl/N-ethyl adjacent to an activating group) is 1. The summed E-state index contributed by atoms with van der Waals surface area (Å²) in [6, 6.07) is 7.79. The number of ether oxygens (including phenoxy) is 1. The number of carbonyl (C=O) groups is 1. The Hall–Kier alpha value is -1.55. The molecule has 0 aliphatic carbocycles. The Morgan fingerprint density at radius 2 is 1.94 bits per heavy atom.